The highest BCUT2D eigenvalue weighted by Gasteiger charge is 2.13. The van der Waals surface area contributed by atoms with E-state index in [0.29, 0.717) is 12.0 Å². The normalized spacial score (nSPS) is 10.7. The van der Waals surface area contributed by atoms with Crippen molar-refractivity contribution < 1.29 is 24.8 Å². The molecule has 0 fully saturated rings. The Balaban J connectivity index is 2.43. The van der Waals surface area contributed by atoms with Gasteiger partial charge in [0.15, 0.2) is 0 Å². The van der Waals surface area contributed by atoms with E-state index in [-0.39, 0.29) is 26.9 Å². The van der Waals surface area contributed by atoms with E-state index in [1.807, 2.05) is 0 Å². The zero-order chi connectivity index (χ0) is 13.1. The van der Waals surface area contributed by atoms with Crippen LogP contribution in [0.5, 0.6) is 11.5 Å². The molecule has 1 aromatic carbocycles. The Morgan fingerprint density at radius 3 is 2.72 bits per heavy atom. The van der Waals surface area contributed by atoms with Gasteiger partial charge in [-0.05, 0) is 12.2 Å². The molecule has 18 heavy (non-hydrogen) atoms. The van der Waals surface area contributed by atoms with Crippen molar-refractivity contribution in [2.45, 2.75) is 4.90 Å². The van der Waals surface area contributed by atoms with E-state index >= 15 is 0 Å². The average molecular weight is 290 g/mol. The maximum atomic E-state index is 9.79. The molecule has 0 bridgehead atoms. The van der Waals surface area contributed by atoms with Crippen LogP contribution in [0.3, 0.4) is 0 Å². The van der Waals surface area contributed by atoms with Gasteiger partial charge in [-0.25, -0.2) is 9.94 Å². The quantitative estimate of drug-likeness (QED) is 0.216. The van der Waals surface area contributed by atoms with Gasteiger partial charge < -0.3 is 10.2 Å². The molecule has 1 heterocycles. The molecule has 2 aromatic rings. The average Bonchev–Trinajstić information content (AvgIpc) is 2.76. The van der Waals surface area contributed by atoms with E-state index in [2.05, 4.69) is 24.9 Å². The van der Waals surface area contributed by atoms with Crippen LogP contribution in [-0.2, 0) is 9.37 Å². The first-order valence-corrected chi connectivity index (χ1v) is 5.49. The summed E-state index contributed by atoms with van der Waals surface area (Å²) in [5.74, 6) is -0.430. The molecule has 0 unspecified atom stereocenters. The van der Waals surface area contributed by atoms with Crippen molar-refractivity contribution in [3.8, 4) is 17.2 Å². The van der Waals surface area contributed by atoms with Crippen molar-refractivity contribution >= 4 is 24.3 Å². The number of rotatable bonds is 4. The summed E-state index contributed by atoms with van der Waals surface area (Å²) in [5.41, 5.74) is 0.164. The summed E-state index contributed by atoms with van der Waals surface area (Å²) in [4.78, 5) is 0.129. The van der Waals surface area contributed by atoms with E-state index in [1.54, 1.807) is 0 Å². The van der Waals surface area contributed by atoms with Gasteiger partial charge in [0, 0.05) is 12.1 Å². The highest BCUT2D eigenvalue weighted by Crippen LogP contribution is 2.36. The molecule has 0 aliphatic carbocycles. The van der Waals surface area contributed by atoms with E-state index < -0.39 is 0 Å². The monoisotopic (exact) mass is 290 g/mol. The largest absolute Gasteiger partial charge is 0.507 e. The molecule has 0 radical (unpaired) electrons. The lowest BCUT2D eigenvalue weighted by atomic mass is 10.3. The van der Waals surface area contributed by atoms with Crippen LogP contribution >= 0.6 is 24.3 Å². The summed E-state index contributed by atoms with van der Waals surface area (Å²) in [7, 11) is 0. The molecule has 4 N–H and O–H groups in total. The molecule has 2 rings (SSSR count). The minimum atomic E-state index is -0.221. The van der Waals surface area contributed by atoms with Gasteiger partial charge in [0.25, 0.3) is 0 Å². The number of aromatic nitrogens is 4. The van der Waals surface area contributed by atoms with Crippen molar-refractivity contribution in [2.75, 3.05) is 0 Å². The van der Waals surface area contributed by atoms with Gasteiger partial charge in [0.1, 0.15) is 17.2 Å². The fourth-order valence-corrected chi connectivity index (χ4v) is 1.79. The van der Waals surface area contributed by atoms with Crippen LogP contribution in [0.15, 0.2) is 17.0 Å². The van der Waals surface area contributed by atoms with Crippen molar-refractivity contribution in [1.29, 1.82) is 0 Å². The lowest BCUT2D eigenvalue weighted by Crippen LogP contribution is -1.97. The zero-order valence-electron chi connectivity index (χ0n) is 8.47. The number of phenolic OH excluding ortho intramolecular Hbond substituents is 2. The summed E-state index contributed by atoms with van der Waals surface area (Å²) in [6.07, 6.45) is 0. The topological polar surface area (TPSA) is 126 Å². The van der Waals surface area contributed by atoms with Gasteiger partial charge in [-0.1, -0.05) is 15.4 Å². The highest BCUT2D eigenvalue weighted by atomic mass is 32.2. The first kappa shape index (κ1) is 12.8. The van der Waals surface area contributed by atoms with Gasteiger partial charge in [0.05, 0.1) is 16.9 Å². The van der Waals surface area contributed by atoms with Crippen molar-refractivity contribution in [3.05, 3.63) is 16.9 Å². The number of nitrogens with one attached hydrogen (secondary N) is 1. The molecule has 0 amide bonds. The summed E-state index contributed by atoms with van der Waals surface area (Å²) in [5, 5.41) is 40.3. The fourth-order valence-electron chi connectivity index (χ4n) is 1.20. The van der Waals surface area contributed by atoms with E-state index in [9.17, 15) is 10.2 Å². The molecule has 0 aliphatic rings. The summed E-state index contributed by atoms with van der Waals surface area (Å²) < 4.78 is 5.43. The van der Waals surface area contributed by atoms with Crippen molar-refractivity contribution in [1.82, 2.24) is 20.2 Å². The predicted molar refractivity (Wildman–Crippen MR) is 60.5 cm³/mol. The second kappa shape index (κ2) is 5.32. The first-order chi connectivity index (χ1) is 8.63. The third-order valence-electron chi connectivity index (χ3n) is 1.92. The Hall–Kier alpha value is -1.66. The number of aromatic amines is 1. The molecule has 96 valence electrons. The minimum absolute atomic E-state index is 0.0834. The molecule has 9 nitrogen and oxygen atoms in total. The lowest BCUT2D eigenvalue weighted by Gasteiger charge is -2.07. The van der Waals surface area contributed by atoms with Gasteiger partial charge in [-0.2, -0.15) is 5.21 Å². The van der Waals surface area contributed by atoms with E-state index in [4.69, 9.17) is 17.5 Å². The summed E-state index contributed by atoms with van der Waals surface area (Å²) in [6.45, 7) is 0. The Kier molecular flexibility index (Phi) is 3.78. The second-order valence-electron chi connectivity index (χ2n) is 2.95. The van der Waals surface area contributed by atoms with Crippen molar-refractivity contribution in [2.24, 2.45) is 0 Å². The Morgan fingerprint density at radius 2 is 2.11 bits per heavy atom. The maximum Gasteiger partial charge on any atom is 0.243 e. The number of tetrazole rings is 1. The smallest absolute Gasteiger partial charge is 0.243 e. The van der Waals surface area contributed by atoms with Gasteiger partial charge in [0.2, 0.25) is 4.77 Å². The molecule has 11 heteroatoms. The minimum Gasteiger partial charge on any atom is -0.507 e. The molecule has 0 saturated heterocycles. The van der Waals surface area contributed by atoms with E-state index in [0.717, 1.165) is 0 Å². The standard InChI is InChI=1S/C7H6N4O5S2/c12-4-2-6(18-16-15-14)5(13)1-3(4)11-7(17)8-9-10-11/h1-2,12-14H,(H,8,10,17). The lowest BCUT2D eigenvalue weighted by molar-refractivity contribution is -0.432. The van der Waals surface area contributed by atoms with Gasteiger partial charge >= 0.3 is 0 Å². The number of nitrogens with zero attached hydrogens (tertiary/aromatic N) is 3. The van der Waals surface area contributed by atoms with Gasteiger partial charge in [-0.15, -0.1) is 4.33 Å². The Labute approximate surface area is 109 Å². The molecule has 0 atom stereocenters. The molecule has 0 spiro atoms. The van der Waals surface area contributed by atoms with Crippen LogP contribution in [0.4, 0.5) is 0 Å². The van der Waals surface area contributed by atoms with Crippen molar-refractivity contribution in [3.63, 3.8) is 0 Å². The Bertz CT molecular complexity index is 612. The molecule has 0 aliphatic heterocycles. The van der Waals surface area contributed by atoms with Gasteiger partial charge in [-0.3, -0.25) is 0 Å². The van der Waals surface area contributed by atoms with Crippen LogP contribution in [0.2, 0.25) is 0 Å². The van der Waals surface area contributed by atoms with Crippen LogP contribution in [0.1, 0.15) is 0 Å². The number of hydrogen-bond acceptors (Lipinski definition) is 9. The van der Waals surface area contributed by atoms with Crippen LogP contribution < -0.4 is 0 Å². The molecule has 1 aromatic heterocycles. The SMILES string of the molecule is OOOSc1cc(O)c(-n2[nH]nnc2=S)cc1O. The molecular formula is C7H6N4O5S2. The number of hydrogen-bond donors (Lipinski definition) is 4. The number of phenols is 2. The van der Waals surface area contributed by atoms with Crippen LogP contribution in [-0.4, -0.2) is 35.7 Å². The highest BCUT2D eigenvalue weighted by molar-refractivity contribution is 7.94. The number of H-pyrrole nitrogens is 1. The number of aromatic hydroxyl groups is 2. The second-order valence-corrected chi connectivity index (χ2v) is 4.06. The molecular weight excluding hydrogens is 284 g/mol. The third-order valence-corrected chi connectivity index (χ3v) is 2.82. The van der Waals surface area contributed by atoms with E-state index in [1.165, 1.54) is 16.8 Å². The predicted octanol–water partition coefficient (Wildman–Crippen LogP) is 1.16. The fraction of sp³-hybridized carbons (Fsp3) is 0. The Morgan fingerprint density at radius 1 is 1.33 bits per heavy atom. The van der Waals surface area contributed by atoms with Crippen LogP contribution in [0, 0.1) is 4.77 Å². The zero-order valence-corrected chi connectivity index (χ0v) is 10.1. The maximum absolute atomic E-state index is 9.79. The summed E-state index contributed by atoms with van der Waals surface area (Å²) in [6, 6.07) is 2.41. The third kappa shape index (κ3) is 2.44. The summed E-state index contributed by atoms with van der Waals surface area (Å²) >= 11 is 5.37. The number of benzene rings is 1. The van der Waals surface area contributed by atoms with Crippen LogP contribution in [0.25, 0.3) is 5.69 Å². The molecule has 0 saturated carbocycles. The first-order valence-electron chi connectivity index (χ1n) is 4.34.